The molecule has 2 aliphatic carbocycles. The fourth-order valence-corrected chi connectivity index (χ4v) is 6.25. The normalized spacial score (nSPS) is 34.2. The van der Waals surface area contributed by atoms with Gasteiger partial charge in [-0.3, -0.25) is 4.90 Å². The number of aromatic nitrogens is 2. The molecule has 0 spiro atoms. The summed E-state index contributed by atoms with van der Waals surface area (Å²) in [5.41, 5.74) is -0.184. The minimum Gasteiger partial charge on any atom is -0.479 e. The highest BCUT2D eigenvalue weighted by atomic mass is 32.2. The van der Waals surface area contributed by atoms with Crippen LogP contribution in [0.2, 0.25) is 0 Å². The summed E-state index contributed by atoms with van der Waals surface area (Å²) in [5, 5.41) is 9.62. The number of amides is 1. The molecule has 0 radical (unpaired) electrons. The van der Waals surface area contributed by atoms with E-state index in [1.165, 1.54) is 12.0 Å². The van der Waals surface area contributed by atoms with Crippen LogP contribution in [0.25, 0.3) is 0 Å². The third-order valence-corrected chi connectivity index (χ3v) is 7.75. The number of carbonyl (C=O) groups is 1. The molecule has 1 amide bonds. The van der Waals surface area contributed by atoms with Crippen LogP contribution in [-0.2, 0) is 20.2 Å². The van der Waals surface area contributed by atoms with E-state index in [4.69, 9.17) is 9.47 Å². The van der Waals surface area contributed by atoms with Crippen molar-refractivity contribution in [2.45, 2.75) is 68.7 Å². The zero-order valence-electron chi connectivity index (χ0n) is 18.3. The topological polar surface area (TPSA) is 131 Å². The van der Waals surface area contributed by atoms with Crippen molar-refractivity contribution in [3.8, 4) is 5.88 Å². The lowest BCUT2D eigenvalue weighted by Gasteiger charge is -2.32. The summed E-state index contributed by atoms with van der Waals surface area (Å²) < 4.78 is 50.8. The van der Waals surface area contributed by atoms with Gasteiger partial charge in [0.15, 0.2) is 0 Å². The molecular weight excluding hydrogens is 443 g/mol. The molecule has 1 aromatic rings. The van der Waals surface area contributed by atoms with Gasteiger partial charge in [0.05, 0.1) is 38.3 Å². The fourth-order valence-electron chi connectivity index (χ4n) is 5.44. The minimum atomic E-state index is -3.48. The van der Waals surface area contributed by atoms with E-state index in [1.54, 1.807) is 6.92 Å². The first-order valence-corrected chi connectivity index (χ1v) is 12.6. The average molecular weight is 473 g/mol. The Morgan fingerprint density at radius 1 is 1.44 bits per heavy atom. The number of sulfonamides is 1. The van der Waals surface area contributed by atoms with Gasteiger partial charge < -0.3 is 14.6 Å². The maximum Gasteiger partial charge on any atom is 0.407 e. The van der Waals surface area contributed by atoms with Gasteiger partial charge in [-0.25, -0.2) is 22.9 Å². The summed E-state index contributed by atoms with van der Waals surface area (Å²) in [6.07, 6.45) is 4.63. The molecular formula is C20H29FN4O6S. The summed E-state index contributed by atoms with van der Waals surface area (Å²) in [5.74, 6) is 0.257. The van der Waals surface area contributed by atoms with Gasteiger partial charge in [0, 0.05) is 17.5 Å². The van der Waals surface area contributed by atoms with Crippen LogP contribution in [-0.4, -0.2) is 78.7 Å². The van der Waals surface area contributed by atoms with E-state index in [1.807, 2.05) is 0 Å². The molecule has 3 aliphatic rings. The number of rotatable bonds is 7. The molecule has 1 aromatic heterocycles. The Kier molecular flexibility index (Phi) is 6.05. The summed E-state index contributed by atoms with van der Waals surface area (Å²) in [4.78, 5) is 21.5. The van der Waals surface area contributed by atoms with E-state index >= 15 is 0 Å². The first-order chi connectivity index (χ1) is 15.0. The van der Waals surface area contributed by atoms with E-state index < -0.39 is 34.0 Å². The minimum absolute atomic E-state index is 0.0538. The van der Waals surface area contributed by atoms with Crippen LogP contribution in [0.3, 0.4) is 0 Å². The number of nitrogens with one attached hydrogen (secondary N) is 1. The zero-order chi connectivity index (χ0) is 23.3. The Bertz CT molecular complexity index is 994. The van der Waals surface area contributed by atoms with Crippen LogP contribution in [0.4, 0.5) is 9.18 Å². The van der Waals surface area contributed by atoms with Gasteiger partial charge in [-0.15, -0.1) is 0 Å². The molecule has 3 unspecified atom stereocenters. The molecule has 4 rings (SSSR count). The van der Waals surface area contributed by atoms with Crippen molar-refractivity contribution in [1.29, 1.82) is 0 Å². The van der Waals surface area contributed by atoms with Crippen molar-refractivity contribution in [2.24, 2.45) is 5.92 Å². The Morgan fingerprint density at radius 3 is 2.81 bits per heavy atom. The summed E-state index contributed by atoms with van der Waals surface area (Å²) in [7, 11) is -2.11. The smallest absolute Gasteiger partial charge is 0.407 e. The van der Waals surface area contributed by atoms with Crippen molar-refractivity contribution in [3.05, 3.63) is 17.8 Å². The molecule has 32 heavy (non-hydrogen) atoms. The second-order valence-electron chi connectivity index (χ2n) is 9.18. The Morgan fingerprint density at radius 2 is 2.19 bits per heavy atom. The van der Waals surface area contributed by atoms with E-state index in [2.05, 4.69) is 14.7 Å². The summed E-state index contributed by atoms with van der Waals surface area (Å²) in [6.45, 7) is 1.89. The molecule has 3 fully saturated rings. The first kappa shape index (κ1) is 23.1. The number of nitrogens with zero attached hydrogens (tertiary/aromatic N) is 3. The number of ether oxygens (including phenoxy) is 2. The molecule has 12 heteroatoms. The van der Waals surface area contributed by atoms with Gasteiger partial charge in [0.1, 0.15) is 5.82 Å². The molecule has 6 atom stereocenters. The first-order valence-electron chi connectivity index (χ1n) is 10.7. The summed E-state index contributed by atoms with van der Waals surface area (Å²) >= 11 is 0. The Labute approximate surface area is 186 Å². The Balaban J connectivity index is 1.39. The quantitative estimate of drug-likeness (QED) is 0.611. The van der Waals surface area contributed by atoms with E-state index in [0.717, 1.165) is 38.1 Å². The number of hydrogen-bond acceptors (Lipinski definition) is 7. The van der Waals surface area contributed by atoms with Gasteiger partial charge in [0.2, 0.25) is 15.8 Å². The maximum atomic E-state index is 13.7. The SMILES string of the molecule is COc1nc(C23CCC(OC[C@H]4[C@@H](NS(C)(=O)=O)C[C@@H](C)N4C(=O)O)CC2C3)ncc1F. The number of likely N-dealkylation sites (tertiary alicyclic amines) is 1. The van der Waals surface area contributed by atoms with Crippen molar-refractivity contribution in [1.82, 2.24) is 19.6 Å². The van der Waals surface area contributed by atoms with Crippen LogP contribution in [0.1, 0.15) is 44.9 Å². The molecule has 1 aliphatic heterocycles. The van der Waals surface area contributed by atoms with E-state index in [9.17, 15) is 22.7 Å². The largest absolute Gasteiger partial charge is 0.479 e. The van der Waals surface area contributed by atoms with Crippen LogP contribution in [0, 0.1) is 11.7 Å². The lowest BCUT2D eigenvalue weighted by atomic mass is 9.86. The van der Waals surface area contributed by atoms with Gasteiger partial charge >= 0.3 is 6.09 Å². The lowest BCUT2D eigenvalue weighted by Crippen LogP contribution is -2.50. The number of halogens is 1. The highest BCUT2D eigenvalue weighted by molar-refractivity contribution is 7.88. The van der Waals surface area contributed by atoms with Crippen molar-refractivity contribution < 1.29 is 32.2 Å². The molecule has 0 bridgehead atoms. The highest BCUT2D eigenvalue weighted by Gasteiger charge is 2.60. The molecule has 10 nitrogen and oxygen atoms in total. The van der Waals surface area contributed by atoms with Crippen LogP contribution >= 0.6 is 0 Å². The number of hydrogen-bond donors (Lipinski definition) is 2. The molecule has 178 valence electrons. The zero-order valence-corrected chi connectivity index (χ0v) is 19.1. The summed E-state index contributed by atoms with van der Waals surface area (Å²) in [6, 6.07) is -1.43. The van der Waals surface area contributed by atoms with E-state index in [0.29, 0.717) is 18.2 Å². The standard InChI is InChI=1S/C20H29FN4O6S/c1-11-6-15(24-32(3,28)29)16(25(11)19(26)27)10-31-13-4-5-20(8-12(20)7-13)18-22-9-14(21)17(23-18)30-2/h9,11-13,15-16,24H,4-8,10H2,1-3H3,(H,26,27)/t11-,12?,13?,15+,16+,20?/m1/s1. The Hall–Kier alpha value is -2.05. The van der Waals surface area contributed by atoms with Gasteiger partial charge in [-0.05, 0) is 44.9 Å². The molecule has 2 heterocycles. The van der Waals surface area contributed by atoms with Crippen molar-refractivity contribution in [3.63, 3.8) is 0 Å². The molecule has 0 aromatic carbocycles. The maximum absolute atomic E-state index is 13.7. The van der Waals surface area contributed by atoms with Gasteiger partial charge in [0.25, 0.3) is 5.88 Å². The monoisotopic (exact) mass is 472 g/mol. The van der Waals surface area contributed by atoms with Crippen LogP contribution in [0.15, 0.2) is 6.20 Å². The second kappa shape index (κ2) is 8.38. The molecule has 1 saturated heterocycles. The molecule has 2 saturated carbocycles. The third-order valence-electron chi connectivity index (χ3n) is 7.02. The lowest BCUT2D eigenvalue weighted by molar-refractivity contribution is -0.00877. The number of fused-ring (bicyclic) bond motifs is 1. The second-order valence-corrected chi connectivity index (χ2v) is 11.0. The predicted octanol–water partition coefficient (Wildman–Crippen LogP) is 1.51. The predicted molar refractivity (Wildman–Crippen MR) is 111 cm³/mol. The third kappa shape index (κ3) is 4.40. The highest BCUT2D eigenvalue weighted by Crippen LogP contribution is 2.61. The van der Waals surface area contributed by atoms with Crippen molar-refractivity contribution in [2.75, 3.05) is 20.0 Å². The van der Waals surface area contributed by atoms with Crippen molar-refractivity contribution >= 4 is 16.1 Å². The molecule has 2 N–H and O–H groups in total. The van der Waals surface area contributed by atoms with Gasteiger partial charge in [-0.1, -0.05) is 0 Å². The van der Waals surface area contributed by atoms with Gasteiger partial charge in [-0.2, -0.15) is 9.37 Å². The van der Waals surface area contributed by atoms with Crippen LogP contribution < -0.4 is 9.46 Å². The number of methoxy groups -OCH3 is 1. The van der Waals surface area contributed by atoms with E-state index in [-0.39, 0.29) is 30.0 Å². The fraction of sp³-hybridized carbons (Fsp3) is 0.750. The number of carboxylic acid groups (broad SMARTS) is 1. The average Bonchev–Trinajstić information content (AvgIpc) is 3.36. The van der Waals surface area contributed by atoms with Crippen LogP contribution in [0.5, 0.6) is 5.88 Å².